The van der Waals surface area contributed by atoms with Crippen LogP contribution in [0.15, 0.2) is 193 Å². The minimum absolute atomic E-state index is 0.00375. The second-order valence-electron chi connectivity index (χ2n) is 24.1. The van der Waals surface area contributed by atoms with Gasteiger partial charge in [-0.2, -0.15) is 43.9 Å². The number of nitrogens with one attached hydrogen (secondary N) is 14. The van der Waals surface area contributed by atoms with Crippen LogP contribution < -0.4 is 75.1 Å². The molecule has 0 saturated heterocycles. The molecule has 0 aliphatic carbocycles. The Kier molecular flexibility index (Phi) is 33.1. The minimum atomic E-state index is -5.01. The van der Waals surface area contributed by atoms with Crippen molar-refractivity contribution in [1.82, 2.24) is 43.2 Å². The number of aromatic hydroxyl groups is 2. The number of ether oxygens (including phenoxy) is 1. The number of aryl methyl sites for hydroxylation is 2. The summed E-state index contributed by atoms with van der Waals surface area (Å²) in [6.45, 7) is 4.04. The maximum absolute atomic E-state index is 13.5. The van der Waals surface area contributed by atoms with E-state index in [0.29, 0.717) is 40.4 Å². The van der Waals surface area contributed by atoms with E-state index in [4.69, 9.17) is 53.6 Å². The van der Waals surface area contributed by atoms with Gasteiger partial charge >= 0.3 is 0 Å². The Balaban J connectivity index is 0.789. The van der Waals surface area contributed by atoms with Gasteiger partial charge in [0.2, 0.25) is 0 Å². The first-order valence-corrected chi connectivity index (χ1v) is 43.6. The number of rotatable bonds is 30. The Hall–Kier alpha value is -10.1. The molecule has 20 N–H and O–H groups in total. The number of carbonyl (C=O) groups is 4. The number of benzene rings is 8. The third-order valence-corrected chi connectivity index (χ3v) is 22.3. The number of thiocarbonyl (C=S) groups is 4. The van der Waals surface area contributed by atoms with Gasteiger partial charge in [-0.3, -0.25) is 59.1 Å². The number of phenolic OH excluding ortho intramolecular Hbond substituents is 2. The van der Waals surface area contributed by atoms with Crippen molar-refractivity contribution in [3.63, 3.8) is 0 Å². The lowest BCUT2D eigenvalue weighted by Gasteiger charge is -2.19. The van der Waals surface area contributed by atoms with E-state index in [0.717, 1.165) is 59.7 Å². The summed E-state index contributed by atoms with van der Waals surface area (Å²) < 4.78 is 150. The number of hydrogen-bond acceptors (Lipinski definition) is 23. The molecule has 0 radical (unpaired) electrons. The molecule has 2 atom stereocenters. The second-order valence-corrected chi connectivity index (χ2v) is 34.7. The Bertz CT molecular complexity index is 5410. The largest absolute Gasteiger partial charge is 0.506 e. The molecule has 8 aromatic rings. The fourth-order valence-electron chi connectivity index (χ4n) is 9.81. The third-order valence-electron chi connectivity index (χ3n) is 15.4. The van der Waals surface area contributed by atoms with Gasteiger partial charge in [0.1, 0.15) is 31.1 Å². The zero-order valence-electron chi connectivity index (χ0n) is 60.0. The summed E-state index contributed by atoms with van der Waals surface area (Å²) in [5, 5.41) is 49.5. The van der Waals surface area contributed by atoms with Crippen LogP contribution in [0.4, 0.5) is 34.1 Å². The molecule has 616 valence electrons. The fraction of sp³-hybridized carbons (Fsp3) is 0.114. The molecule has 8 aromatic carbocycles. The molecule has 4 amide bonds. The molecular formula is C70H66Br4N16O19S8. The van der Waals surface area contributed by atoms with Crippen LogP contribution in [0.2, 0.25) is 0 Å². The van der Waals surface area contributed by atoms with Gasteiger partial charge in [-0.25, -0.2) is 10.9 Å². The van der Waals surface area contributed by atoms with E-state index in [1.807, 2.05) is 13.8 Å². The SMILES string of the molecule is Cc1ccc(NC(C(=O)N/N=C/c2cc(Br)c(O)c(Br)c2)C(=O)NNC(=S)Nc2ccc(/C=C/c3ccc(NC(=S)NCCOCCNC(=S)Nc4ccc(/C=C/c5ccc(NC(=S)NNC(=O)C(Nc6ccc(C)cc6)C(=O)N/N=C/c6cc(Br)c(O)c(Br)c6)cc5S(=O)(=O)O)c(S(=O)(=O)O)c4)cc3S(=O)(=O)O)c(S(=O)(=O)O)c2)cc1. The molecule has 47 heteroatoms. The highest BCUT2D eigenvalue weighted by molar-refractivity contribution is 9.11. The van der Waals surface area contributed by atoms with Crippen LogP contribution >= 0.6 is 113 Å². The van der Waals surface area contributed by atoms with Crippen LogP contribution in [-0.4, -0.2) is 157 Å². The number of carbonyl (C=O) groups excluding carboxylic acids is 4. The molecule has 0 spiro atoms. The van der Waals surface area contributed by atoms with Gasteiger partial charge in [-0.05, 0) is 257 Å². The first kappa shape index (κ1) is 92.5. The smallest absolute Gasteiger partial charge is 0.295 e. The minimum Gasteiger partial charge on any atom is -0.506 e. The fourth-order valence-corrected chi connectivity index (χ4v) is 15.9. The first-order chi connectivity index (χ1) is 55.1. The van der Waals surface area contributed by atoms with Gasteiger partial charge < -0.3 is 57.5 Å². The number of halogens is 4. The van der Waals surface area contributed by atoms with Crippen LogP contribution in [0, 0.1) is 13.8 Å². The molecule has 117 heavy (non-hydrogen) atoms. The molecule has 0 aromatic heterocycles. The maximum atomic E-state index is 13.5. The van der Waals surface area contributed by atoms with Crippen molar-refractivity contribution in [3.8, 4) is 11.5 Å². The molecule has 0 bridgehead atoms. The monoisotopic (exact) mass is 2010 g/mol. The van der Waals surface area contributed by atoms with Gasteiger partial charge in [0.25, 0.3) is 64.1 Å². The summed E-state index contributed by atoms with van der Waals surface area (Å²) in [5.74, 6) is -3.84. The summed E-state index contributed by atoms with van der Waals surface area (Å²) >= 11 is 34.2. The van der Waals surface area contributed by atoms with E-state index in [1.165, 1.54) is 85.2 Å². The van der Waals surface area contributed by atoms with Crippen molar-refractivity contribution >= 4 is 268 Å². The van der Waals surface area contributed by atoms with E-state index < -0.39 is 95.8 Å². The van der Waals surface area contributed by atoms with Crippen LogP contribution in [0.5, 0.6) is 11.5 Å². The van der Waals surface area contributed by atoms with Gasteiger partial charge in [-0.15, -0.1) is 0 Å². The lowest BCUT2D eigenvalue weighted by Crippen LogP contribution is -2.54. The molecule has 0 heterocycles. The number of hydrazine groups is 2. The number of hydrogen-bond donors (Lipinski definition) is 20. The highest BCUT2D eigenvalue weighted by atomic mass is 79.9. The lowest BCUT2D eigenvalue weighted by molar-refractivity contribution is -0.132. The van der Waals surface area contributed by atoms with E-state index >= 15 is 0 Å². The normalized spacial score (nSPS) is 12.3. The van der Waals surface area contributed by atoms with E-state index in [1.54, 1.807) is 48.5 Å². The summed E-state index contributed by atoms with van der Waals surface area (Å²) in [4.78, 5) is 51.1. The molecule has 0 fully saturated rings. The molecule has 0 aliphatic heterocycles. The van der Waals surface area contributed by atoms with Crippen molar-refractivity contribution in [2.24, 2.45) is 10.2 Å². The number of anilines is 6. The molecular weight excluding hydrogens is 1950 g/mol. The number of amides is 4. The van der Waals surface area contributed by atoms with Crippen molar-refractivity contribution in [3.05, 3.63) is 208 Å². The van der Waals surface area contributed by atoms with E-state index in [-0.39, 0.29) is 103 Å². The summed E-state index contributed by atoms with van der Waals surface area (Å²) in [5.41, 5.74) is 17.0. The lowest BCUT2D eigenvalue weighted by atomic mass is 10.1. The zero-order valence-corrected chi connectivity index (χ0v) is 72.8. The topological polar surface area (TPSA) is 529 Å². The second kappa shape index (κ2) is 41.9. The Labute approximate surface area is 724 Å². The van der Waals surface area contributed by atoms with Gasteiger partial charge in [0.05, 0.1) is 43.5 Å². The van der Waals surface area contributed by atoms with Crippen molar-refractivity contribution in [1.29, 1.82) is 0 Å². The standard InChI is InChI=1S/C70H66Br4N16O19S8/c1-37-3-15-45(16-4-37)79-59(63(93)85-77-35-39-27-51(71)61(91)52(72)28-39)65(95)87-89-69(112)83-49-21-13-43(57(33-49)116(103,104)105)9-7-41-11-19-47(31-55(41)114(97,98)99)81-67(110)75-23-25-109-26-24-76-68(111)82-48-20-12-42(56(32-48)115(100,101)102)8-10-44-14-22-50(34-58(44)117(106,107)108)84-70(113)90-88-66(96)60(80-46-17-5-38(2)6-18-46)64(94)86-78-36-40-29-53(73)62(92)54(74)30-40/h3-22,27-36,59-60,79-80,91-92H,23-26H2,1-2H3,(H,85,93)(H,86,94)(H,87,95)(H,88,96)(H2,75,81,110)(H2,76,82,111)(H2,83,89,112)(H2,84,90,113)(H,97,98,99)(H,100,101,102)(H,103,104,105)(H,106,107,108)/b9-7+,10-8+,77-35+,78-36+. The van der Waals surface area contributed by atoms with Gasteiger partial charge in [-0.1, -0.05) is 84.0 Å². The van der Waals surface area contributed by atoms with Crippen molar-refractivity contribution in [2.45, 2.75) is 45.5 Å². The highest BCUT2D eigenvalue weighted by Gasteiger charge is 2.30. The van der Waals surface area contributed by atoms with Crippen LogP contribution in [0.25, 0.3) is 24.3 Å². The molecule has 35 nitrogen and oxygen atoms in total. The Morgan fingerprint density at radius 2 is 0.658 bits per heavy atom. The van der Waals surface area contributed by atoms with Crippen LogP contribution in [0.1, 0.15) is 44.5 Å². The zero-order chi connectivity index (χ0) is 85.7. The maximum Gasteiger partial charge on any atom is 0.295 e. The van der Waals surface area contributed by atoms with Crippen molar-refractivity contribution < 1.29 is 86.0 Å². The van der Waals surface area contributed by atoms with Crippen LogP contribution in [0.3, 0.4) is 0 Å². The Morgan fingerprint density at radius 3 is 0.932 bits per heavy atom. The summed E-state index contributed by atoms with van der Waals surface area (Å²) in [7, 11) is -19.9. The predicted octanol–water partition coefficient (Wildman–Crippen LogP) is 9.28. The predicted molar refractivity (Wildman–Crippen MR) is 473 cm³/mol. The van der Waals surface area contributed by atoms with E-state index in [9.17, 15) is 81.3 Å². The number of nitrogens with zero attached hydrogens (tertiary/aromatic N) is 2. The highest BCUT2D eigenvalue weighted by Crippen LogP contribution is 2.35. The summed E-state index contributed by atoms with van der Waals surface area (Å²) in [6.07, 6.45) is 7.14. The average molecular weight is 2010 g/mol. The van der Waals surface area contributed by atoms with Crippen LogP contribution in [-0.2, 0) is 64.4 Å². The third kappa shape index (κ3) is 28.6. The average Bonchev–Trinajstić information content (AvgIpc) is 0.804. The summed E-state index contributed by atoms with van der Waals surface area (Å²) in [6, 6.07) is 30.9. The van der Waals surface area contributed by atoms with Gasteiger partial charge in [0, 0.05) is 47.2 Å². The number of hydrazone groups is 2. The molecule has 0 saturated carbocycles. The Morgan fingerprint density at radius 1 is 0.393 bits per heavy atom. The van der Waals surface area contributed by atoms with E-state index in [2.05, 4.69) is 149 Å². The molecule has 0 aliphatic rings. The first-order valence-electron chi connectivity index (χ1n) is 33.0. The van der Waals surface area contributed by atoms with Crippen molar-refractivity contribution in [2.75, 3.05) is 58.2 Å². The molecule has 8 rings (SSSR count). The van der Waals surface area contributed by atoms with Gasteiger partial charge in [0.15, 0.2) is 32.5 Å². The molecule has 2 unspecified atom stereocenters. The number of phenols is 2. The quantitative estimate of drug-likeness (QED) is 0.00379.